The maximum Gasteiger partial charge on any atom is 0.323 e. The predicted octanol–water partition coefficient (Wildman–Crippen LogP) is 2.25. The summed E-state index contributed by atoms with van der Waals surface area (Å²) in [6, 6.07) is 3.96. The van der Waals surface area contributed by atoms with Gasteiger partial charge in [0.2, 0.25) is 0 Å². The molecule has 1 aromatic heterocycles. The number of carbonyl (C=O) groups excluding carboxylic acids is 1. The van der Waals surface area contributed by atoms with E-state index in [1.807, 2.05) is 6.92 Å². The highest BCUT2D eigenvalue weighted by atomic mass is 32.1. The Kier molecular flexibility index (Phi) is 4.65. The molecule has 110 valence electrons. The molecule has 1 atom stereocenters. The summed E-state index contributed by atoms with van der Waals surface area (Å²) in [5, 5.41) is 11.8. The number of amides is 2. The van der Waals surface area contributed by atoms with Crippen LogP contribution in [0.5, 0.6) is 0 Å². The van der Waals surface area contributed by atoms with Gasteiger partial charge in [-0.3, -0.25) is 4.79 Å². The lowest BCUT2D eigenvalue weighted by molar-refractivity contribution is -0.137. The molecular formula is C14H20N2O3S. The fourth-order valence-electron chi connectivity index (χ4n) is 2.14. The van der Waals surface area contributed by atoms with Gasteiger partial charge in [-0.2, -0.15) is 0 Å². The van der Waals surface area contributed by atoms with E-state index in [2.05, 4.69) is 24.4 Å². The molecule has 1 aromatic rings. The molecule has 1 heterocycles. The molecule has 2 rings (SSSR count). The van der Waals surface area contributed by atoms with Gasteiger partial charge in [0.05, 0.1) is 0 Å². The van der Waals surface area contributed by atoms with Crippen LogP contribution in [0.4, 0.5) is 4.79 Å². The molecule has 5 nitrogen and oxygen atoms in total. The molecule has 0 saturated heterocycles. The second kappa shape index (κ2) is 6.26. The standard InChI is InChI=1S/C14H20N2O3S/c1-9(7-12-6-3-10(2)20-12)15-14(19)16(8-13(17)18)11-4-5-11/h3,6,9,11H,4-5,7-8H2,1-2H3,(H,15,19)(H,17,18). The zero-order valence-corrected chi connectivity index (χ0v) is 12.6. The fourth-order valence-corrected chi connectivity index (χ4v) is 3.16. The van der Waals surface area contributed by atoms with Gasteiger partial charge in [-0.05, 0) is 38.8 Å². The maximum absolute atomic E-state index is 12.1. The van der Waals surface area contributed by atoms with E-state index in [0.29, 0.717) is 0 Å². The number of carbonyl (C=O) groups is 2. The minimum atomic E-state index is -0.964. The number of nitrogens with zero attached hydrogens (tertiary/aromatic N) is 1. The third-order valence-electron chi connectivity index (χ3n) is 3.23. The molecule has 1 fully saturated rings. The summed E-state index contributed by atoms with van der Waals surface area (Å²) < 4.78 is 0. The number of carboxylic acid groups (broad SMARTS) is 1. The van der Waals surface area contributed by atoms with Crippen molar-refractivity contribution in [1.82, 2.24) is 10.2 Å². The Morgan fingerprint density at radius 1 is 1.50 bits per heavy atom. The van der Waals surface area contributed by atoms with Crippen LogP contribution in [0.3, 0.4) is 0 Å². The quantitative estimate of drug-likeness (QED) is 0.846. The molecule has 0 bridgehead atoms. The highest BCUT2D eigenvalue weighted by Crippen LogP contribution is 2.26. The lowest BCUT2D eigenvalue weighted by Crippen LogP contribution is -2.47. The minimum Gasteiger partial charge on any atom is -0.480 e. The van der Waals surface area contributed by atoms with E-state index in [0.717, 1.165) is 19.3 Å². The molecule has 1 unspecified atom stereocenters. The summed E-state index contributed by atoms with van der Waals surface area (Å²) in [6.07, 6.45) is 2.58. The average Bonchev–Trinajstić information content (AvgIpc) is 3.10. The molecule has 0 aliphatic heterocycles. The topological polar surface area (TPSA) is 69.6 Å². The van der Waals surface area contributed by atoms with Crippen molar-refractivity contribution in [2.45, 2.75) is 45.2 Å². The van der Waals surface area contributed by atoms with E-state index >= 15 is 0 Å². The lowest BCUT2D eigenvalue weighted by atomic mass is 10.2. The van der Waals surface area contributed by atoms with E-state index in [9.17, 15) is 9.59 Å². The Morgan fingerprint density at radius 2 is 2.20 bits per heavy atom. The van der Waals surface area contributed by atoms with E-state index in [1.165, 1.54) is 14.7 Å². The number of aliphatic carboxylic acids is 1. The summed E-state index contributed by atoms with van der Waals surface area (Å²) in [5.74, 6) is -0.964. The summed E-state index contributed by atoms with van der Waals surface area (Å²) in [7, 11) is 0. The first-order valence-electron chi connectivity index (χ1n) is 6.80. The monoisotopic (exact) mass is 296 g/mol. The van der Waals surface area contributed by atoms with Crippen LogP contribution >= 0.6 is 11.3 Å². The molecular weight excluding hydrogens is 276 g/mol. The number of urea groups is 1. The number of thiophene rings is 1. The van der Waals surface area contributed by atoms with Crippen LogP contribution in [0.1, 0.15) is 29.5 Å². The number of rotatable bonds is 6. The second-order valence-corrected chi connectivity index (χ2v) is 6.69. The Balaban J connectivity index is 1.86. The first-order valence-corrected chi connectivity index (χ1v) is 7.61. The average molecular weight is 296 g/mol. The SMILES string of the molecule is Cc1ccc(CC(C)NC(=O)N(CC(=O)O)C2CC2)s1. The van der Waals surface area contributed by atoms with Gasteiger partial charge in [0.15, 0.2) is 0 Å². The summed E-state index contributed by atoms with van der Waals surface area (Å²) in [6.45, 7) is 3.78. The van der Waals surface area contributed by atoms with Crippen LogP contribution in [0.2, 0.25) is 0 Å². The third-order valence-corrected chi connectivity index (χ3v) is 4.25. The van der Waals surface area contributed by atoms with Crippen molar-refractivity contribution in [1.29, 1.82) is 0 Å². The van der Waals surface area contributed by atoms with Gasteiger partial charge in [0.25, 0.3) is 0 Å². The van der Waals surface area contributed by atoms with Crippen LogP contribution in [0, 0.1) is 6.92 Å². The Hall–Kier alpha value is -1.56. The van der Waals surface area contributed by atoms with Crippen molar-refractivity contribution in [3.05, 3.63) is 21.9 Å². The normalized spacial score (nSPS) is 15.7. The van der Waals surface area contributed by atoms with Crippen LogP contribution in [-0.4, -0.2) is 40.6 Å². The number of aryl methyl sites for hydroxylation is 1. The highest BCUT2D eigenvalue weighted by molar-refractivity contribution is 7.11. The first-order chi connectivity index (χ1) is 9.45. The van der Waals surface area contributed by atoms with E-state index in [1.54, 1.807) is 11.3 Å². The molecule has 0 radical (unpaired) electrons. The third kappa shape index (κ3) is 4.23. The molecule has 20 heavy (non-hydrogen) atoms. The number of hydrogen-bond acceptors (Lipinski definition) is 3. The summed E-state index contributed by atoms with van der Waals surface area (Å²) >= 11 is 1.72. The molecule has 1 saturated carbocycles. The Bertz CT molecular complexity index is 496. The largest absolute Gasteiger partial charge is 0.480 e. The molecule has 0 aromatic carbocycles. The molecule has 1 aliphatic carbocycles. The zero-order chi connectivity index (χ0) is 14.7. The maximum atomic E-state index is 12.1. The fraction of sp³-hybridized carbons (Fsp3) is 0.571. The zero-order valence-electron chi connectivity index (χ0n) is 11.8. The first kappa shape index (κ1) is 14.8. The molecule has 2 N–H and O–H groups in total. The summed E-state index contributed by atoms with van der Waals surface area (Å²) in [5.41, 5.74) is 0. The van der Waals surface area contributed by atoms with Gasteiger partial charge in [0.1, 0.15) is 6.54 Å². The number of nitrogens with one attached hydrogen (secondary N) is 1. The van der Waals surface area contributed by atoms with Crippen molar-refractivity contribution in [2.24, 2.45) is 0 Å². The van der Waals surface area contributed by atoms with Crippen LogP contribution < -0.4 is 5.32 Å². The Morgan fingerprint density at radius 3 is 2.70 bits per heavy atom. The van der Waals surface area contributed by atoms with Crippen molar-refractivity contribution in [2.75, 3.05) is 6.54 Å². The predicted molar refractivity (Wildman–Crippen MR) is 78.1 cm³/mol. The molecule has 1 aliphatic rings. The van der Waals surface area contributed by atoms with Crippen molar-refractivity contribution >= 4 is 23.3 Å². The van der Waals surface area contributed by atoms with E-state index < -0.39 is 5.97 Å². The lowest BCUT2D eigenvalue weighted by Gasteiger charge is -2.23. The van der Waals surface area contributed by atoms with Crippen LogP contribution in [0.25, 0.3) is 0 Å². The molecule has 2 amide bonds. The van der Waals surface area contributed by atoms with Gasteiger partial charge in [-0.25, -0.2) is 4.79 Å². The minimum absolute atomic E-state index is 0.00408. The summed E-state index contributed by atoms with van der Waals surface area (Å²) in [4.78, 5) is 26.8. The van der Waals surface area contributed by atoms with Gasteiger partial charge < -0.3 is 15.3 Å². The number of hydrogen-bond donors (Lipinski definition) is 2. The van der Waals surface area contributed by atoms with Crippen molar-refractivity contribution in [3.8, 4) is 0 Å². The van der Waals surface area contributed by atoms with Gasteiger partial charge in [0, 0.05) is 28.3 Å². The van der Waals surface area contributed by atoms with E-state index in [-0.39, 0.29) is 24.7 Å². The van der Waals surface area contributed by atoms with Gasteiger partial charge in [-0.15, -0.1) is 11.3 Å². The highest BCUT2D eigenvalue weighted by Gasteiger charge is 2.34. The molecule has 6 heteroatoms. The van der Waals surface area contributed by atoms with Crippen molar-refractivity contribution < 1.29 is 14.7 Å². The van der Waals surface area contributed by atoms with Crippen molar-refractivity contribution in [3.63, 3.8) is 0 Å². The van der Waals surface area contributed by atoms with Gasteiger partial charge >= 0.3 is 12.0 Å². The second-order valence-electron chi connectivity index (χ2n) is 5.32. The Labute approximate surface area is 122 Å². The number of carboxylic acids is 1. The van der Waals surface area contributed by atoms with Gasteiger partial charge in [-0.1, -0.05) is 0 Å². The van der Waals surface area contributed by atoms with Crippen LogP contribution in [-0.2, 0) is 11.2 Å². The van der Waals surface area contributed by atoms with Crippen LogP contribution in [0.15, 0.2) is 12.1 Å². The smallest absolute Gasteiger partial charge is 0.323 e. The van der Waals surface area contributed by atoms with E-state index in [4.69, 9.17) is 5.11 Å². The molecule has 0 spiro atoms.